The van der Waals surface area contributed by atoms with Gasteiger partial charge < -0.3 is 9.80 Å². The Balaban J connectivity index is 1.55. The largest absolute Gasteiger partial charge is 0.354 e. The highest BCUT2D eigenvalue weighted by molar-refractivity contribution is 7.90. The second kappa shape index (κ2) is 6.38. The van der Waals surface area contributed by atoms with E-state index in [0.29, 0.717) is 36.9 Å². The first-order chi connectivity index (χ1) is 12.6. The van der Waals surface area contributed by atoms with Gasteiger partial charge >= 0.3 is 0 Å². The molecule has 9 heteroatoms. The van der Waals surface area contributed by atoms with E-state index in [-0.39, 0.29) is 10.6 Å². The summed E-state index contributed by atoms with van der Waals surface area (Å²) in [6.45, 7) is 2.79. The summed E-state index contributed by atoms with van der Waals surface area (Å²) in [5.74, 6) is 1.24. The topological polar surface area (TPSA) is 103 Å². The highest BCUT2D eigenvalue weighted by Crippen LogP contribution is 2.28. The Kier molecular flexibility index (Phi) is 4.05. The Hall–Kier alpha value is -2.99. The van der Waals surface area contributed by atoms with Gasteiger partial charge in [-0.05, 0) is 30.7 Å². The van der Waals surface area contributed by atoms with Gasteiger partial charge in [0.2, 0.25) is 0 Å². The van der Waals surface area contributed by atoms with Crippen LogP contribution in [-0.2, 0) is 10.0 Å². The molecule has 0 N–H and O–H groups in total. The van der Waals surface area contributed by atoms with Gasteiger partial charge in [-0.15, -0.1) is 14.6 Å². The van der Waals surface area contributed by atoms with E-state index in [0.717, 1.165) is 13.0 Å². The van der Waals surface area contributed by atoms with E-state index in [1.165, 1.54) is 0 Å². The van der Waals surface area contributed by atoms with E-state index in [2.05, 4.69) is 19.5 Å². The van der Waals surface area contributed by atoms with E-state index in [1.807, 2.05) is 17.0 Å². The summed E-state index contributed by atoms with van der Waals surface area (Å²) < 4.78 is 28.5. The van der Waals surface area contributed by atoms with Crippen molar-refractivity contribution in [2.24, 2.45) is 4.40 Å². The van der Waals surface area contributed by atoms with Crippen LogP contribution in [0.3, 0.4) is 0 Å². The van der Waals surface area contributed by atoms with E-state index < -0.39 is 10.0 Å². The maximum atomic E-state index is 12.3. The molecule has 0 spiro atoms. The van der Waals surface area contributed by atoms with Crippen molar-refractivity contribution in [1.29, 1.82) is 5.26 Å². The minimum atomic E-state index is -3.61. The van der Waals surface area contributed by atoms with Crippen molar-refractivity contribution in [3.63, 3.8) is 0 Å². The van der Waals surface area contributed by atoms with Crippen molar-refractivity contribution in [3.8, 4) is 6.07 Å². The lowest BCUT2D eigenvalue weighted by molar-refractivity contribution is 0.449. The van der Waals surface area contributed by atoms with Gasteiger partial charge in [0.05, 0.1) is 0 Å². The minimum Gasteiger partial charge on any atom is -0.354 e. The summed E-state index contributed by atoms with van der Waals surface area (Å²) in [5.41, 5.74) is 0.950. The lowest BCUT2D eigenvalue weighted by Gasteiger charge is -2.23. The van der Waals surface area contributed by atoms with Gasteiger partial charge in [0.15, 0.2) is 17.3 Å². The number of aromatic nitrogens is 2. The van der Waals surface area contributed by atoms with Gasteiger partial charge in [0, 0.05) is 31.7 Å². The maximum Gasteiger partial charge on any atom is 0.285 e. The fourth-order valence-electron chi connectivity index (χ4n) is 3.23. The molecule has 132 valence electrons. The molecule has 1 aromatic carbocycles. The first-order valence-corrected chi connectivity index (χ1v) is 9.70. The average molecular weight is 368 g/mol. The molecule has 0 aliphatic carbocycles. The molecule has 8 nitrogen and oxygen atoms in total. The molecule has 2 aliphatic heterocycles. The van der Waals surface area contributed by atoms with Crippen LogP contribution in [0.15, 0.2) is 45.7 Å². The van der Waals surface area contributed by atoms with Crippen LogP contribution in [0.25, 0.3) is 0 Å². The second-order valence-corrected chi connectivity index (χ2v) is 7.67. The normalized spacial score (nSPS) is 18.7. The molecule has 4 rings (SSSR count). The van der Waals surface area contributed by atoms with Crippen LogP contribution >= 0.6 is 0 Å². The number of sulfonamides is 1. The number of hydrogen-bond donors (Lipinski definition) is 0. The minimum absolute atomic E-state index is 0.272. The molecule has 0 saturated carbocycles. The molecule has 1 aromatic heterocycles. The van der Waals surface area contributed by atoms with Crippen LogP contribution in [0.5, 0.6) is 0 Å². The number of amidine groups is 1. The van der Waals surface area contributed by atoms with Crippen LogP contribution in [0.4, 0.5) is 5.82 Å². The Labute approximate surface area is 151 Å². The summed E-state index contributed by atoms with van der Waals surface area (Å²) >= 11 is 0. The third-order valence-electron chi connectivity index (χ3n) is 4.50. The van der Waals surface area contributed by atoms with Gasteiger partial charge in [-0.2, -0.15) is 13.7 Å². The quantitative estimate of drug-likeness (QED) is 0.740. The monoisotopic (exact) mass is 368 g/mol. The zero-order valence-corrected chi connectivity index (χ0v) is 14.7. The van der Waals surface area contributed by atoms with Gasteiger partial charge in [-0.1, -0.05) is 12.1 Å². The number of nitriles is 1. The maximum absolute atomic E-state index is 12.3. The predicted octanol–water partition coefficient (Wildman–Crippen LogP) is 1.01. The number of nitrogens with zero attached hydrogens (tertiary/aromatic N) is 6. The van der Waals surface area contributed by atoms with Crippen molar-refractivity contribution in [2.75, 3.05) is 31.1 Å². The van der Waals surface area contributed by atoms with Crippen molar-refractivity contribution in [2.45, 2.75) is 11.3 Å². The fourth-order valence-corrected chi connectivity index (χ4v) is 4.46. The number of anilines is 1. The number of benzene rings is 1. The molecule has 1 fully saturated rings. The standard InChI is InChI=1S/C17H16N6O2S/c18-12-13-6-7-16(20-19-13)22-8-3-9-23(11-10-22)17-14-4-1-2-5-15(14)26(24,25)21-17/h1-2,4-7H,3,8-11H2. The number of rotatable bonds is 1. The molecule has 0 amide bonds. The van der Waals surface area contributed by atoms with Gasteiger partial charge in [-0.3, -0.25) is 0 Å². The highest BCUT2D eigenvalue weighted by Gasteiger charge is 2.32. The Morgan fingerprint density at radius 1 is 0.962 bits per heavy atom. The van der Waals surface area contributed by atoms with Crippen LogP contribution in [0, 0.1) is 11.3 Å². The Morgan fingerprint density at radius 3 is 2.50 bits per heavy atom. The van der Waals surface area contributed by atoms with Crippen LogP contribution in [-0.4, -0.2) is 55.5 Å². The van der Waals surface area contributed by atoms with Crippen molar-refractivity contribution in [1.82, 2.24) is 15.1 Å². The predicted molar refractivity (Wildman–Crippen MR) is 95.3 cm³/mol. The molecule has 2 aromatic rings. The van der Waals surface area contributed by atoms with E-state index in [9.17, 15) is 8.42 Å². The molecule has 26 heavy (non-hydrogen) atoms. The molecular formula is C17H16N6O2S. The third kappa shape index (κ3) is 2.88. The zero-order valence-electron chi connectivity index (χ0n) is 13.9. The van der Waals surface area contributed by atoms with E-state index in [1.54, 1.807) is 30.3 Å². The molecule has 0 unspecified atom stereocenters. The molecule has 0 bridgehead atoms. The summed E-state index contributed by atoms with van der Waals surface area (Å²) in [5, 5.41) is 16.8. The second-order valence-electron chi connectivity index (χ2n) is 6.10. The molecule has 0 radical (unpaired) electrons. The van der Waals surface area contributed by atoms with E-state index in [4.69, 9.17) is 5.26 Å². The summed E-state index contributed by atoms with van der Waals surface area (Å²) in [4.78, 5) is 4.37. The average Bonchev–Trinajstić information content (AvgIpc) is 2.81. The number of fused-ring (bicyclic) bond motifs is 1. The van der Waals surface area contributed by atoms with Crippen molar-refractivity contribution < 1.29 is 8.42 Å². The lowest BCUT2D eigenvalue weighted by Crippen LogP contribution is -2.35. The number of hydrogen-bond acceptors (Lipinski definition) is 7. The fraction of sp³-hybridized carbons (Fsp3) is 0.294. The van der Waals surface area contributed by atoms with Gasteiger partial charge in [0.1, 0.15) is 11.0 Å². The zero-order chi connectivity index (χ0) is 18.1. The van der Waals surface area contributed by atoms with Gasteiger partial charge in [-0.25, -0.2) is 0 Å². The molecule has 0 atom stereocenters. The lowest BCUT2D eigenvalue weighted by atomic mass is 10.2. The van der Waals surface area contributed by atoms with Crippen molar-refractivity contribution >= 4 is 21.7 Å². The van der Waals surface area contributed by atoms with E-state index >= 15 is 0 Å². The smallest absolute Gasteiger partial charge is 0.285 e. The Morgan fingerprint density at radius 2 is 1.73 bits per heavy atom. The van der Waals surface area contributed by atoms with Crippen LogP contribution < -0.4 is 4.90 Å². The first-order valence-electron chi connectivity index (χ1n) is 8.26. The molecule has 2 aliphatic rings. The van der Waals surface area contributed by atoms with Crippen molar-refractivity contribution in [3.05, 3.63) is 47.7 Å². The summed E-state index contributed by atoms with van der Waals surface area (Å²) in [6.07, 6.45) is 0.836. The SMILES string of the molecule is N#Cc1ccc(N2CCCN(C3=NS(=O)(=O)c4ccccc43)CC2)nn1. The molecule has 1 saturated heterocycles. The molecule has 3 heterocycles. The van der Waals surface area contributed by atoms with Crippen LogP contribution in [0.2, 0.25) is 0 Å². The first kappa shape index (κ1) is 16.5. The van der Waals surface area contributed by atoms with Crippen LogP contribution in [0.1, 0.15) is 17.7 Å². The third-order valence-corrected chi connectivity index (χ3v) is 5.82. The molecular weight excluding hydrogens is 352 g/mol. The summed E-state index contributed by atoms with van der Waals surface area (Å²) in [6, 6.07) is 12.3. The Bertz CT molecular complexity index is 1010. The highest BCUT2D eigenvalue weighted by atomic mass is 32.2. The summed E-state index contributed by atoms with van der Waals surface area (Å²) in [7, 11) is -3.61. The van der Waals surface area contributed by atoms with Gasteiger partial charge in [0.25, 0.3) is 10.0 Å².